The van der Waals surface area contributed by atoms with E-state index in [1.165, 1.54) is 26.2 Å². The summed E-state index contributed by atoms with van der Waals surface area (Å²) in [4.78, 5) is 43.7. The van der Waals surface area contributed by atoms with E-state index < -0.39 is 85.1 Å². The zero-order chi connectivity index (χ0) is 28.9. The molecule has 0 aliphatic carbocycles. The number of hydrogen-bond donors (Lipinski definition) is 8. The van der Waals surface area contributed by atoms with Crippen LogP contribution in [0.4, 0.5) is 0 Å². The number of carboxylic acids is 3. The van der Waals surface area contributed by atoms with E-state index in [2.05, 4.69) is 4.74 Å². The van der Waals surface area contributed by atoms with Crippen molar-refractivity contribution in [2.45, 2.75) is 68.1 Å². The lowest BCUT2D eigenvalue weighted by Gasteiger charge is -2.44. The molecule has 0 spiro atoms. The second-order valence-corrected chi connectivity index (χ2v) is 8.26. The van der Waals surface area contributed by atoms with Gasteiger partial charge in [0.25, 0.3) is 0 Å². The number of aliphatic hydroxyl groups is 5. The molecule has 16 heteroatoms. The van der Waals surface area contributed by atoms with E-state index in [0.29, 0.717) is 0 Å². The van der Waals surface area contributed by atoms with Crippen molar-refractivity contribution >= 4 is 23.9 Å². The molecule has 2 fully saturated rings. The summed E-state index contributed by atoms with van der Waals surface area (Å²) in [6.45, 7) is 1.32. The third kappa shape index (κ3) is 6.80. The van der Waals surface area contributed by atoms with Gasteiger partial charge in [0.1, 0.15) is 36.6 Å². The van der Waals surface area contributed by atoms with Crippen molar-refractivity contribution in [2.24, 2.45) is 0 Å². The van der Waals surface area contributed by atoms with Crippen LogP contribution in [-0.4, -0.2) is 133 Å². The first kappa shape index (κ1) is 31.0. The Morgan fingerprint density at radius 1 is 0.737 bits per heavy atom. The molecule has 38 heavy (non-hydrogen) atoms. The summed E-state index contributed by atoms with van der Waals surface area (Å²) < 4.78 is 19.6. The Hall–Kier alpha value is -3.22. The molecule has 0 radical (unpaired) electrons. The number of ether oxygens (including phenoxy) is 4. The van der Waals surface area contributed by atoms with Gasteiger partial charge in [0.05, 0.1) is 24.3 Å². The highest BCUT2D eigenvalue weighted by molar-refractivity contribution is 6.02. The zero-order valence-electron chi connectivity index (χ0n) is 19.9. The molecule has 3 rings (SSSR count). The highest BCUT2D eigenvalue weighted by Crippen LogP contribution is 2.29. The number of carboxylic acid groups (broad SMARTS) is 3. The fraction of sp³-hybridized carbons (Fsp3) is 0.545. The third-order valence-corrected chi connectivity index (χ3v) is 5.73. The lowest BCUT2D eigenvalue weighted by atomic mass is 9.94. The lowest BCUT2D eigenvalue weighted by molar-refractivity contribution is -0.332. The largest absolute Gasteiger partial charge is 0.479 e. The molecule has 212 valence electrons. The van der Waals surface area contributed by atoms with E-state index >= 15 is 0 Å². The molecule has 0 bridgehead atoms. The van der Waals surface area contributed by atoms with Crippen molar-refractivity contribution in [3.8, 4) is 0 Å². The number of aliphatic carboxylic acids is 2. The van der Waals surface area contributed by atoms with Crippen LogP contribution in [0, 0.1) is 0 Å². The number of methoxy groups -OCH3 is 1. The first-order valence-electron chi connectivity index (χ1n) is 11.0. The molecule has 0 saturated carbocycles. The van der Waals surface area contributed by atoms with Crippen molar-refractivity contribution in [2.75, 3.05) is 7.11 Å². The quantitative estimate of drug-likeness (QED) is 0.165. The number of hydrogen-bond acceptors (Lipinski definition) is 13. The molecule has 0 amide bonds. The van der Waals surface area contributed by atoms with Gasteiger partial charge in [-0.1, -0.05) is 12.1 Å². The van der Waals surface area contributed by atoms with Crippen molar-refractivity contribution < 1.29 is 79.0 Å². The summed E-state index contributed by atoms with van der Waals surface area (Å²) in [7, 11) is 1.21. The number of aromatic carboxylic acids is 1. The van der Waals surface area contributed by atoms with Gasteiger partial charge in [0.2, 0.25) is 0 Å². The Bertz CT molecular complexity index is 1010. The van der Waals surface area contributed by atoms with Crippen molar-refractivity contribution in [3.63, 3.8) is 0 Å². The van der Waals surface area contributed by atoms with Gasteiger partial charge in [-0.2, -0.15) is 0 Å². The first-order chi connectivity index (χ1) is 17.7. The van der Waals surface area contributed by atoms with Crippen LogP contribution in [0.25, 0.3) is 0 Å². The number of esters is 1. The maximum Gasteiger partial charge on any atom is 0.338 e. The summed E-state index contributed by atoms with van der Waals surface area (Å²) in [6.07, 6.45) is -17.2. The molecule has 2 heterocycles. The molecule has 2 saturated heterocycles. The highest BCUT2D eigenvalue weighted by Gasteiger charge is 2.52. The van der Waals surface area contributed by atoms with E-state index in [-0.39, 0.29) is 11.1 Å². The van der Waals surface area contributed by atoms with Crippen LogP contribution in [0.2, 0.25) is 0 Å². The number of benzene rings is 1. The Balaban J connectivity index is 0.000000328. The molecule has 2 aliphatic heterocycles. The normalized spacial score (nSPS) is 34.8. The van der Waals surface area contributed by atoms with Crippen molar-refractivity contribution in [1.29, 1.82) is 0 Å². The molecule has 1 aromatic carbocycles. The van der Waals surface area contributed by atoms with E-state index in [4.69, 9.17) is 29.5 Å². The van der Waals surface area contributed by atoms with Gasteiger partial charge in [0, 0.05) is 0 Å². The first-order valence-corrected chi connectivity index (χ1v) is 11.0. The molecule has 10 atom stereocenters. The molecule has 16 nitrogen and oxygen atoms in total. The number of carbonyl (C=O) groups excluding carboxylic acids is 1. The highest BCUT2D eigenvalue weighted by atomic mass is 16.7. The summed E-state index contributed by atoms with van der Waals surface area (Å²) >= 11 is 0. The minimum atomic E-state index is -1.92. The monoisotopic (exact) mass is 548 g/mol. The Morgan fingerprint density at radius 2 is 1.24 bits per heavy atom. The van der Waals surface area contributed by atoms with Gasteiger partial charge in [-0.3, -0.25) is 0 Å². The van der Waals surface area contributed by atoms with Gasteiger partial charge in [-0.05, 0) is 19.1 Å². The second-order valence-electron chi connectivity index (χ2n) is 8.26. The van der Waals surface area contributed by atoms with Crippen LogP contribution in [0.3, 0.4) is 0 Å². The summed E-state index contributed by atoms with van der Waals surface area (Å²) in [5.74, 6) is -4.90. The van der Waals surface area contributed by atoms with Crippen LogP contribution in [0.5, 0.6) is 0 Å². The van der Waals surface area contributed by atoms with Gasteiger partial charge in [-0.25, -0.2) is 19.2 Å². The number of carbonyl (C=O) groups is 4. The Labute approximate surface area is 214 Å². The fourth-order valence-electron chi connectivity index (χ4n) is 3.71. The predicted octanol–water partition coefficient (Wildman–Crippen LogP) is -2.97. The van der Waals surface area contributed by atoms with Crippen LogP contribution in [0.15, 0.2) is 24.3 Å². The minimum absolute atomic E-state index is 0.0469. The van der Waals surface area contributed by atoms with E-state index in [9.17, 15) is 44.7 Å². The lowest BCUT2D eigenvalue weighted by Crippen LogP contribution is -2.64. The van der Waals surface area contributed by atoms with E-state index in [0.717, 1.165) is 0 Å². The molecule has 1 aromatic rings. The van der Waals surface area contributed by atoms with Crippen LogP contribution < -0.4 is 0 Å². The van der Waals surface area contributed by atoms with Crippen LogP contribution in [-0.2, 0) is 28.5 Å². The minimum Gasteiger partial charge on any atom is -0.479 e. The predicted molar refractivity (Wildman–Crippen MR) is 118 cm³/mol. The molecule has 2 aliphatic rings. The SMILES string of the molecule is CC1OC(C(=O)O)C(O)C(O)C1OC1OC(C(=O)O)C(O)C(O)C1O.COC(=O)c1ccccc1C(=O)O. The summed E-state index contributed by atoms with van der Waals surface area (Å²) in [5.41, 5.74) is 0.0202. The smallest absolute Gasteiger partial charge is 0.338 e. The average Bonchev–Trinajstić information content (AvgIpc) is 2.87. The Kier molecular flexibility index (Phi) is 10.6. The van der Waals surface area contributed by atoms with Gasteiger partial charge >= 0.3 is 23.9 Å². The summed E-state index contributed by atoms with van der Waals surface area (Å²) in [5, 5.41) is 75.6. The number of aliphatic hydroxyl groups excluding tert-OH is 5. The molecule has 0 aromatic heterocycles. The van der Waals surface area contributed by atoms with Crippen LogP contribution in [0.1, 0.15) is 27.6 Å². The topological polar surface area (TPSA) is 267 Å². The fourth-order valence-corrected chi connectivity index (χ4v) is 3.71. The van der Waals surface area contributed by atoms with Crippen LogP contribution >= 0.6 is 0 Å². The maximum atomic E-state index is 11.1. The molecular weight excluding hydrogens is 520 g/mol. The molecule has 10 unspecified atom stereocenters. The van der Waals surface area contributed by atoms with Crippen molar-refractivity contribution in [1.82, 2.24) is 0 Å². The van der Waals surface area contributed by atoms with Crippen molar-refractivity contribution in [3.05, 3.63) is 35.4 Å². The van der Waals surface area contributed by atoms with E-state index in [1.807, 2.05) is 0 Å². The van der Waals surface area contributed by atoms with Gasteiger partial charge < -0.3 is 59.8 Å². The number of rotatable bonds is 6. The molecular formula is C22H28O16. The Morgan fingerprint density at radius 3 is 1.74 bits per heavy atom. The van der Waals surface area contributed by atoms with Gasteiger partial charge in [-0.15, -0.1) is 0 Å². The zero-order valence-corrected chi connectivity index (χ0v) is 19.9. The third-order valence-electron chi connectivity index (χ3n) is 5.73. The second kappa shape index (κ2) is 13.0. The molecule has 8 N–H and O–H groups in total. The average molecular weight is 548 g/mol. The maximum absolute atomic E-state index is 11.1. The van der Waals surface area contributed by atoms with E-state index in [1.54, 1.807) is 12.1 Å². The standard InChI is InChI=1S/C13H20O12.C9H8O4/c1-2-8(5(16)6(17)9(23-2)11(19)20)24-13-7(18)3(14)4(15)10(25-13)12(21)22;1-13-9(12)7-5-3-2-4-6(7)8(10)11/h2-10,13-18H,1H3,(H,19,20)(H,21,22);2-5H,1H3,(H,10,11). The summed E-state index contributed by atoms with van der Waals surface area (Å²) in [6, 6.07) is 5.90. The van der Waals surface area contributed by atoms with Gasteiger partial charge in [0.15, 0.2) is 18.5 Å².